The Kier molecular flexibility index (Phi) is 6.00. The standard InChI is InChI=1S/C18H21NO4/c1-21-17-10-14(15(19)11-18(20)22-2)8-9-16(17)23-12-13-6-4-3-5-7-13/h3-10,15H,11-12,19H2,1-2H3/t15-/m1/s1. The van der Waals surface area contributed by atoms with Crippen LogP contribution in [-0.2, 0) is 16.1 Å². The molecular weight excluding hydrogens is 294 g/mol. The van der Waals surface area contributed by atoms with Crippen LogP contribution >= 0.6 is 0 Å². The summed E-state index contributed by atoms with van der Waals surface area (Å²) in [6, 6.07) is 14.8. The number of methoxy groups -OCH3 is 2. The molecule has 0 aliphatic heterocycles. The Balaban J connectivity index is 2.08. The van der Waals surface area contributed by atoms with E-state index in [-0.39, 0.29) is 12.4 Å². The van der Waals surface area contributed by atoms with Crippen LogP contribution in [0.5, 0.6) is 11.5 Å². The molecule has 2 aromatic rings. The molecule has 0 radical (unpaired) electrons. The summed E-state index contributed by atoms with van der Waals surface area (Å²) in [4.78, 5) is 11.3. The largest absolute Gasteiger partial charge is 0.493 e. The van der Waals surface area contributed by atoms with Gasteiger partial charge in [-0.15, -0.1) is 0 Å². The Morgan fingerprint density at radius 1 is 1.09 bits per heavy atom. The molecule has 0 amide bonds. The molecule has 5 nitrogen and oxygen atoms in total. The average Bonchev–Trinajstić information content (AvgIpc) is 2.60. The van der Waals surface area contributed by atoms with E-state index in [2.05, 4.69) is 4.74 Å². The maximum atomic E-state index is 11.3. The van der Waals surface area contributed by atoms with E-state index < -0.39 is 6.04 Å². The molecule has 1 atom stereocenters. The topological polar surface area (TPSA) is 70.8 Å². The predicted molar refractivity (Wildman–Crippen MR) is 87.3 cm³/mol. The molecule has 0 bridgehead atoms. The summed E-state index contributed by atoms with van der Waals surface area (Å²) in [6.07, 6.45) is 0.115. The van der Waals surface area contributed by atoms with Gasteiger partial charge in [-0.25, -0.2) is 0 Å². The maximum Gasteiger partial charge on any atom is 0.307 e. The molecule has 0 aromatic heterocycles. The Bertz CT molecular complexity index is 643. The van der Waals surface area contributed by atoms with Gasteiger partial charge in [-0.05, 0) is 23.3 Å². The first-order chi connectivity index (χ1) is 11.1. The van der Waals surface area contributed by atoms with Gasteiger partial charge in [0.25, 0.3) is 0 Å². The van der Waals surface area contributed by atoms with E-state index in [4.69, 9.17) is 15.2 Å². The van der Waals surface area contributed by atoms with Gasteiger partial charge in [0.05, 0.1) is 20.6 Å². The molecule has 0 saturated heterocycles. The van der Waals surface area contributed by atoms with Gasteiger partial charge in [-0.2, -0.15) is 0 Å². The molecule has 2 N–H and O–H groups in total. The number of hydrogen-bond donors (Lipinski definition) is 1. The first-order valence-corrected chi connectivity index (χ1v) is 7.31. The maximum absolute atomic E-state index is 11.3. The number of carbonyl (C=O) groups excluding carboxylic acids is 1. The molecule has 0 aliphatic rings. The van der Waals surface area contributed by atoms with Crippen LogP contribution in [0.3, 0.4) is 0 Å². The zero-order chi connectivity index (χ0) is 16.7. The SMILES string of the molecule is COC(=O)C[C@@H](N)c1ccc(OCc2ccccc2)c(OC)c1. The van der Waals surface area contributed by atoms with Crippen molar-refractivity contribution in [2.24, 2.45) is 5.73 Å². The first-order valence-electron chi connectivity index (χ1n) is 7.31. The number of ether oxygens (including phenoxy) is 3. The van der Waals surface area contributed by atoms with Crippen molar-refractivity contribution in [3.05, 3.63) is 59.7 Å². The van der Waals surface area contributed by atoms with Crippen LogP contribution in [0.15, 0.2) is 48.5 Å². The number of hydrogen-bond acceptors (Lipinski definition) is 5. The van der Waals surface area contributed by atoms with E-state index in [0.717, 1.165) is 11.1 Å². The molecule has 0 aliphatic carbocycles. The Morgan fingerprint density at radius 2 is 1.83 bits per heavy atom. The van der Waals surface area contributed by atoms with Crippen molar-refractivity contribution in [3.8, 4) is 11.5 Å². The molecule has 122 valence electrons. The second-order valence-corrected chi connectivity index (χ2v) is 5.07. The molecule has 0 unspecified atom stereocenters. The van der Waals surface area contributed by atoms with Crippen molar-refractivity contribution in [1.29, 1.82) is 0 Å². The summed E-state index contributed by atoms with van der Waals surface area (Å²) in [5.74, 6) is 0.866. The number of nitrogens with two attached hydrogens (primary N) is 1. The fraction of sp³-hybridized carbons (Fsp3) is 0.278. The molecule has 0 spiro atoms. The van der Waals surface area contributed by atoms with Gasteiger partial charge in [0.15, 0.2) is 11.5 Å². The number of benzene rings is 2. The van der Waals surface area contributed by atoms with Crippen molar-refractivity contribution in [1.82, 2.24) is 0 Å². The predicted octanol–water partition coefficient (Wildman–Crippen LogP) is 2.84. The highest BCUT2D eigenvalue weighted by atomic mass is 16.5. The van der Waals surface area contributed by atoms with Gasteiger partial charge in [0.2, 0.25) is 0 Å². The number of esters is 1. The summed E-state index contributed by atoms with van der Waals surface area (Å²) in [6.45, 7) is 0.449. The lowest BCUT2D eigenvalue weighted by Gasteiger charge is -2.15. The van der Waals surface area contributed by atoms with E-state index in [1.807, 2.05) is 36.4 Å². The second-order valence-electron chi connectivity index (χ2n) is 5.07. The van der Waals surface area contributed by atoms with Gasteiger partial charge in [0.1, 0.15) is 6.61 Å². The normalized spacial score (nSPS) is 11.6. The molecule has 0 fully saturated rings. The molecule has 23 heavy (non-hydrogen) atoms. The summed E-state index contributed by atoms with van der Waals surface area (Å²) in [7, 11) is 2.91. The highest BCUT2D eigenvalue weighted by Gasteiger charge is 2.15. The Hall–Kier alpha value is -2.53. The van der Waals surface area contributed by atoms with Crippen molar-refractivity contribution < 1.29 is 19.0 Å². The lowest BCUT2D eigenvalue weighted by molar-refractivity contribution is -0.141. The highest BCUT2D eigenvalue weighted by Crippen LogP contribution is 2.31. The van der Waals surface area contributed by atoms with Gasteiger partial charge in [-0.1, -0.05) is 36.4 Å². The zero-order valence-electron chi connectivity index (χ0n) is 13.3. The minimum absolute atomic E-state index is 0.115. The summed E-state index contributed by atoms with van der Waals surface area (Å²) in [5, 5.41) is 0. The van der Waals surface area contributed by atoms with Gasteiger partial charge >= 0.3 is 5.97 Å². The Morgan fingerprint density at radius 3 is 2.48 bits per heavy atom. The van der Waals surface area contributed by atoms with E-state index >= 15 is 0 Å². The lowest BCUT2D eigenvalue weighted by Crippen LogP contribution is -2.16. The van der Waals surface area contributed by atoms with Gasteiger partial charge in [0, 0.05) is 6.04 Å². The van der Waals surface area contributed by atoms with Crippen molar-refractivity contribution in [2.45, 2.75) is 19.1 Å². The van der Waals surface area contributed by atoms with E-state index in [1.165, 1.54) is 7.11 Å². The molecular formula is C18H21NO4. The first kappa shape index (κ1) is 16.8. The average molecular weight is 315 g/mol. The van der Waals surface area contributed by atoms with Crippen LogP contribution < -0.4 is 15.2 Å². The van der Waals surface area contributed by atoms with Crippen molar-refractivity contribution in [2.75, 3.05) is 14.2 Å². The molecule has 2 aromatic carbocycles. The zero-order valence-corrected chi connectivity index (χ0v) is 13.3. The van der Waals surface area contributed by atoms with Crippen molar-refractivity contribution >= 4 is 5.97 Å². The van der Waals surface area contributed by atoms with Gasteiger partial charge in [-0.3, -0.25) is 4.79 Å². The van der Waals surface area contributed by atoms with E-state index in [0.29, 0.717) is 18.1 Å². The van der Waals surface area contributed by atoms with Crippen LogP contribution in [0.4, 0.5) is 0 Å². The van der Waals surface area contributed by atoms with Crippen molar-refractivity contribution in [3.63, 3.8) is 0 Å². The molecule has 2 rings (SSSR count). The summed E-state index contributed by atoms with van der Waals surface area (Å²) >= 11 is 0. The molecule has 0 heterocycles. The number of carbonyl (C=O) groups is 1. The fourth-order valence-corrected chi connectivity index (χ4v) is 2.15. The third kappa shape index (κ3) is 4.72. The monoisotopic (exact) mass is 315 g/mol. The van der Waals surface area contributed by atoms with Crippen LogP contribution in [-0.4, -0.2) is 20.2 Å². The summed E-state index contributed by atoms with van der Waals surface area (Å²) in [5.41, 5.74) is 7.87. The van der Waals surface area contributed by atoms with Gasteiger partial charge < -0.3 is 19.9 Å². The summed E-state index contributed by atoms with van der Waals surface area (Å²) < 4.78 is 15.8. The number of rotatable bonds is 7. The lowest BCUT2D eigenvalue weighted by atomic mass is 10.0. The van der Waals surface area contributed by atoms with Crippen LogP contribution in [0.2, 0.25) is 0 Å². The Labute approximate surface area is 136 Å². The van der Waals surface area contributed by atoms with Crippen LogP contribution in [0, 0.1) is 0 Å². The third-order valence-electron chi connectivity index (χ3n) is 3.47. The smallest absolute Gasteiger partial charge is 0.307 e. The third-order valence-corrected chi connectivity index (χ3v) is 3.47. The van der Waals surface area contributed by atoms with Crippen LogP contribution in [0.25, 0.3) is 0 Å². The van der Waals surface area contributed by atoms with Crippen LogP contribution in [0.1, 0.15) is 23.6 Å². The molecule has 0 saturated carbocycles. The minimum Gasteiger partial charge on any atom is -0.493 e. The molecule has 5 heteroatoms. The van der Waals surface area contributed by atoms with E-state index in [1.54, 1.807) is 19.2 Å². The fourth-order valence-electron chi connectivity index (χ4n) is 2.15. The van der Waals surface area contributed by atoms with E-state index in [9.17, 15) is 4.79 Å². The second kappa shape index (κ2) is 8.19. The highest BCUT2D eigenvalue weighted by molar-refractivity contribution is 5.70. The minimum atomic E-state index is -0.445. The quantitative estimate of drug-likeness (QED) is 0.796.